The third-order valence-electron chi connectivity index (χ3n) is 5.34. The summed E-state index contributed by atoms with van der Waals surface area (Å²) >= 11 is 5.89. The largest absolute Gasteiger partial charge is 0.383 e. The van der Waals surface area contributed by atoms with E-state index in [4.69, 9.17) is 16.3 Å². The van der Waals surface area contributed by atoms with Crippen LogP contribution in [0.1, 0.15) is 19.4 Å². The van der Waals surface area contributed by atoms with Crippen LogP contribution in [-0.2, 0) is 14.8 Å². The molecule has 0 amide bonds. The van der Waals surface area contributed by atoms with Crippen LogP contribution in [0.3, 0.4) is 0 Å². The molecule has 0 fully saturated rings. The highest BCUT2D eigenvalue weighted by Gasteiger charge is 2.21. The molecule has 2 aromatic carbocycles. The van der Waals surface area contributed by atoms with E-state index in [1.54, 1.807) is 19.2 Å². The molecule has 0 spiro atoms. The Morgan fingerprint density at radius 1 is 1.23 bits per heavy atom. The lowest BCUT2D eigenvalue weighted by molar-refractivity contribution is 0.127. The Bertz CT molecular complexity index is 1400. The highest BCUT2D eigenvalue weighted by molar-refractivity contribution is 7.92. The van der Waals surface area contributed by atoms with Gasteiger partial charge < -0.3 is 10.1 Å². The summed E-state index contributed by atoms with van der Waals surface area (Å²) in [4.78, 5) is 10.6. The molecule has 2 N–H and O–H groups in total. The van der Waals surface area contributed by atoms with Gasteiger partial charge in [0.1, 0.15) is 18.0 Å². The summed E-state index contributed by atoms with van der Waals surface area (Å²) in [5.74, 6) is 6.18. The molecule has 11 heteroatoms. The van der Waals surface area contributed by atoms with Crippen molar-refractivity contribution in [3.8, 4) is 11.8 Å². The van der Waals surface area contributed by atoms with Gasteiger partial charge in [0.25, 0.3) is 0 Å². The number of ether oxygens (including phenoxy) is 1. The van der Waals surface area contributed by atoms with E-state index in [9.17, 15) is 12.8 Å². The van der Waals surface area contributed by atoms with Crippen molar-refractivity contribution in [1.82, 2.24) is 14.9 Å². The Kier molecular flexibility index (Phi) is 8.18. The second-order valence-corrected chi connectivity index (χ2v) is 10.6. The Balaban J connectivity index is 2.08. The van der Waals surface area contributed by atoms with Gasteiger partial charge >= 0.3 is 0 Å². The number of hydrogen-bond donors (Lipinski definition) is 2. The molecule has 35 heavy (non-hydrogen) atoms. The van der Waals surface area contributed by atoms with Gasteiger partial charge in [-0.25, -0.2) is 22.8 Å². The number of methoxy groups -OCH3 is 1. The molecule has 3 rings (SSSR count). The van der Waals surface area contributed by atoms with E-state index in [-0.39, 0.29) is 10.7 Å². The first-order chi connectivity index (χ1) is 16.4. The van der Waals surface area contributed by atoms with Crippen LogP contribution in [0.25, 0.3) is 10.9 Å². The van der Waals surface area contributed by atoms with E-state index in [0.29, 0.717) is 41.1 Å². The molecule has 0 aliphatic carbocycles. The molecule has 0 aliphatic rings. The maximum Gasteiger partial charge on any atom is 0.229 e. The second kappa shape index (κ2) is 10.7. The highest BCUT2D eigenvalue weighted by Crippen LogP contribution is 2.30. The van der Waals surface area contributed by atoms with Crippen molar-refractivity contribution in [1.29, 1.82) is 0 Å². The van der Waals surface area contributed by atoms with Crippen LogP contribution >= 0.6 is 11.6 Å². The van der Waals surface area contributed by atoms with E-state index in [1.807, 2.05) is 25.8 Å². The maximum atomic E-state index is 13.5. The molecular formula is C24H27ClFN5O3S. The Hall–Kier alpha value is -2.97. The first kappa shape index (κ1) is 26.6. The number of anilines is 3. The highest BCUT2D eigenvalue weighted by atomic mass is 35.5. The fraction of sp³-hybridized carbons (Fsp3) is 0.333. The fourth-order valence-electron chi connectivity index (χ4n) is 3.12. The summed E-state index contributed by atoms with van der Waals surface area (Å²) in [5.41, 5.74) is 1.31. The minimum Gasteiger partial charge on any atom is -0.383 e. The molecule has 0 saturated heterocycles. The third-order valence-corrected chi connectivity index (χ3v) is 6.22. The van der Waals surface area contributed by atoms with Crippen molar-refractivity contribution in [2.75, 3.05) is 43.6 Å². The zero-order valence-corrected chi connectivity index (χ0v) is 21.7. The molecular weight excluding hydrogens is 493 g/mol. The second-order valence-electron chi connectivity index (χ2n) is 8.49. The average Bonchev–Trinajstić information content (AvgIpc) is 2.78. The molecule has 8 nitrogen and oxygen atoms in total. The Morgan fingerprint density at radius 3 is 2.63 bits per heavy atom. The minimum atomic E-state index is -3.60. The number of fused-ring (bicyclic) bond motifs is 1. The van der Waals surface area contributed by atoms with Gasteiger partial charge in [-0.1, -0.05) is 23.4 Å². The van der Waals surface area contributed by atoms with Crippen LogP contribution < -0.4 is 10.0 Å². The van der Waals surface area contributed by atoms with E-state index in [2.05, 4.69) is 31.8 Å². The maximum absolute atomic E-state index is 13.5. The van der Waals surface area contributed by atoms with Crippen LogP contribution in [-0.4, -0.2) is 62.4 Å². The van der Waals surface area contributed by atoms with Crippen molar-refractivity contribution in [3.05, 3.63) is 53.1 Å². The summed E-state index contributed by atoms with van der Waals surface area (Å²) in [6, 6.07) is 7.51. The van der Waals surface area contributed by atoms with Crippen molar-refractivity contribution in [3.63, 3.8) is 0 Å². The smallest absolute Gasteiger partial charge is 0.229 e. The molecule has 0 saturated carbocycles. The summed E-state index contributed by atoms with van der Waals surface area (Å²) in [6.45, 7) is 5.18. The first-order valence-corrected chi connectivity index (χ1v) is 12.9. The molecule has 0 atom stereocenters. The number of nitrogens with zero attached hydrogens (tertiary/aromatic N) is 3. The number of rotatable bonds is 8. The van der Waals surface area contributed by atoms with E-state index < -0.39 is 21.4 Å². The standard InChI is InChI=1S/C24H27ClFN5O3S/c1-24(2,31(3)10-11-34-4)9-8-16-12-22-18(14-21(16)30-35(5,32)33)23(28-15-27-22)29-17-6-7-20(26)19(25)13-17/h6-7,12-15,30H,10-11H2,1-5H3,(H,27,28,29). The van der Waals surface area contributed by atoms with Crippen LogP contribution in [0.4, 0.5) is 21.6 Å². The van der Waals surface area contributed by atoms with Crippen LogP contribution in [0.5, 0.6) is 0 Å². The normalized spacial score (nSPS) is 11.9. The summed E-state index contributed by atoms with van der Waals surface area (Å²) < 4.78 is 45.4. The minimum absolute atomic E-state index is 0.0385. The van der Waals surface area contributed by atoms with Crippen molar-refractivity contribution >= 4 is 49.7 Å². The zero-order valence-electron chi connectivity index (χ0n) is 20.1. The SMILES string of the molecule is COCCN(C)C(C)(C)C#Cc1cc2ncnc(Nc3ccc(F)c(Cl)c3)c2cc1NS(C)(=O)=O. The van der Waals surface area contributed by atoms with E-state index in [1.165, 1.54) is 24.5 Å². The van der Waals surface area contributed by atoms with E-state index in [0.717, 1.165) is 6.26 Å². The number of sulfonamides is 1. The summed E-state index contributed by atoms with van der Waals surface area (Å²) in [7, 11) is -0.0173. The van der Waals surface area contributed by atoms with Gasteiger partial charge in [0, 0.05) is 24.7 Å². The molecule has 1 heterocycles. The van der Waals surface area contributed by atoms with Crippen LogP contribution in [0, 0.1) is 17.7 Å². The summed E-state index contributed by atoms with van der Waals surface area (Å²) in [6.07, 6.45) is 2.44. The fourth-order valence-corrected chi connectivity index (χ4v) is 3.87. The van der Waals surface area contributed by atoms with Crippen molar-refractivity contribution in [2.45, 2.75) is 19.4 Å². The first-order valence-electron chi connectivity index (χ1n) is 10.6. The molecule has 0 radical (unpaired) electrons. The van der Waals surface area contributed by atoms with E-state index >= 15 is 0 Å². The van der Waals surface area contributed by atoms with Gasteiger partial charge in [-0.3, -0.25) is 9.62 Å². The van der Waals surface area contributed by atoms with Gasteiger partial charge in [0.15, 0.2) is 0 Å². The molecule has 0 unspecified atom stereocenters. The molecule has 0 aliphatic heterocycles. The lowest BCUT2D eigenvalue weighted by Gasteiger charge is -2.30. The topological polar surface area (TPSA) is 96.4 Å². The number of aromatic nitrogens is 2. The van der Waals surface area contributed by atoms with Gasteiger partial charge in [-0.15, -0.1) is 0 Å². The lowest BCUT2D eigenvalue weighted by atomic mass is 10.0. The molecule has 0 bridgehead atoms. The monoisotopic (exact) mass is 519 g/mol. The Labute approximate surface area is 209 Å². The molecule has 3 aromatic rings. The molecule has 186 valence electrons. The number of halogens is 2. The Morgan fingerprint density at radius 2 is 1.97 bits per heavy atom. The van der Waals surface area contributed by atoms with Crippen LogP contribution in [0.2, 0.25) is 5.02 Å². The van der Waals surface area contributed by atoms with Gasteiger partial charge in [0.2, 0.25) is 10.0 Å². The zero-order chi connectivity index (χ0) is 25.8. The van der Waals surface area contributed by atoms with Crippen LogP contribution in [0.15, 0.2) is 36.7 Å². The number of hydrogen-bond acceptors (Lipinski definition) is 7. The van der Waals surface area contributed by atoms with Crippen molar-refractivity contribution in [2.24, 2.45) is 0 Å². The molecule has 1 aromatic heterocycles. The average molecular weight is 520 g/mol. The summed E-state index contributed by atoms with van der Waals surface area (Å²) in [5, 5.41) is 3.59. The predicted molar refractivity (Wildman–Crippen MR) is 138 cm³/mol. The van der Waals surface area contributed by atoms with Gasteiger partial charge in [-0.05, 0) is 51.2 Å². The van der Waals surface area contributed by atoms with Gasteiger partial charge in [-0.2, -0.15) is 0 Å². The van der Waals surface area contributed by atoms with Crippen molar-refractivity contribution < 1.29 is 17.5 Å². The number of likely N-dealkylation sites (N-methyl/N-ethyl adjacent to an activating group) is 1. The number of nitrogens with one attached hydrogen (secondary N) is 2. The third kappa shape index (κ3) is 7.02. The quantitative estimate of drug-likeness (QED) is 0.429. The predicted octanol–water partition coefficient (Wildman–Crippen LogP) is 4.25. The lowest BCUT2D eigenvalue weighted by Crippen LogP contribution is -2.41. The number of benzene rings is 2. The van der Waals surface area contributed by atoms with Gasteiger partial charge in [0.05, 0.1) is 40.2 Å².